The van der Waals surface area contributed by atoms with Crippen LogP contribution in [-0.4, -0.2) is 47.2 Å². The molecule has 0 spiro atoms. The number of aromatic carboxylic acids is 1. The van der Waals surface area contributed by atoms with Crippen molar-refractivity contribution in [1.82, 2.24) is 29.5 Å². The highest BCUT2D eigenvalue weighted by molar-refractivity contribution is 6.30. The molecule has 0 fully saturated rings. The molecule has 0 amide bonds. The molecule has 2 N–H and O–H groups in total. The van der Waals surface area contributed by atoms with Gasteiger partial charge < -0.3 is 9.84 Å². The first-order chi connectivity index (χ1) is 14.7. The van der Waals surface area contributed by atoms with Gasteiger partial charge in [0.05, 0.1) is 31.1 Å². The number of hydrogen-bond acceptors (Lipinski definition) is 6. The summed E-state index contributed by atoms with van der Waals surface area (Å²) in [5.74, 6) is -0.313. The van der Waals surface area contributed by atoms with Crippen molar-refractivity contribution in [3.05, 3.63) is 63.8 Å². The third-order valence-electron chi connectivity index (χ3n) is 4.55. The summed E-state index contributed by atoms with van der Waals surface area (Å²) in [6.45, 7) is 4.82. The van der Waals surface area contributed by atoms with Gasteiger partial charge in [0.15, 0.2) is 5.52 Å². The number of rotatable bonds is 7. The largest absolute Gasteiger partial charge is 0.493 e. The number of nitrogens with one attached hydrogen (secondary N) is 1. The Labute approximate surface area is 181 Å². The number of nitrogens with zero attached hydrogens (tertiary/aromatic N) is 5. The Morgan fingerprint density at radius 3 is 2.65 bits per heavy atom. The zero-order valence-corrected chi connectivity index (χ0v) is 17.5. The molecular weight excluding hydrogens is 424 g/mol. The highest BCUT2D eigenvalue weighted by Gasteiger charge is 2.23. The van der Waals surface area contributed by atoms with Crippen molar-refractivity contribution < 1.29 is 14.6 Å². The maximum atomic E-state index is 12.7. The van der Waals surface area contributed by atoms with Gasteiger partial charge in [-0.2, -0.15) is 10.2 Å². The van der Waals surface area contributed by atoms with Gasteiger partial charge in [-0.3, -0.25) is 14.5 Å². The van der Waals surface area contributed by atoms with E-state index in [1.165, 1.54) is 23.3 Å². The van der Waals surface area contributed by atoms with Crippen molar-refractivity contribution in [2.75, 3.05) is 6.61 Å². The van der Waals surface area contributed by atoms with E-state index < -0.39 is 11.5 Å². The standard InChI is InChI=1S/C20H19ClN6O4/c1-20(2,11-31-14-5-3-13(21)4-6-14)10-27-16-15(8-23-27)24-19(25-17(16)28)26-9-12(7-22-26)18(29)30/h3-9H,10-11H2,1-2H3,(H,29,30)(H,24,25,28). The monoisotopic (exact) mass is 442 g/mol. The molecule has 0 radical (unpaired) electrons. The van der Waals surface area contributed by atoms with Crippen LogP contribution in [0.15, 0.2) is 47.7 Å². The van der Waals surface area contributed by atoms with Crippen LogP contribution in [0.1, 0.15) is 24.2 Å². The molecule has 0 atom stereocenters. The van der Waals surface area contributed by atoms with E-state index in [-0.39, 0.29) is 16.9 Å². The van der Waals surface area contributed by atoms with Gasteiger partial charge in [-0.1, -0.05) is 25.4 Å². The van der Waals surface area contributed by atoms with Crippen LogP contribution in [0.2, 0.25) is 5.02 Å². The smallest absolute Gasteiger partial charge is 0.338 e. The van der Waals surface area contributed by atoms with Gasteiger partial charge in [-0.05, 0) is 24.3 Å². The fourth-order valence-corrected chi connectivity index (χ4v) is 3.16. The fraction of sp³-hybridized carbons (Fsp3) is 0.250. The molecular formula is C20H19ClN6O4. The average molecular weight is 443 g/mol. The van der Waals surface area contributed by atoms with Crippen LogP contribution >= 0.6 is 11.6 Å². The molecule has 1 aromatic carbocycles. The minimum atomic E-state index is -1.12. The maximum Gasteiger partial charge on any atom is 0.338 e. The summed E-state index contributed by atoms with van der Waals surface area (Å²) < 4.78 is 8.64. The van der Waals surface area contributed by atoms with Gasteiger partial charge >= 0.3 is 5.97 Å². The van der Waals surface area contributed by atoms with Crippen molar-refractivity contribution in [1.29, 1.82) is 0 Å². The maximum absolute atomic E-state index is 12.7. The van der Waals surface area contributed by atoms with E-state index in [1.54, 1.807) is 28.9 Å². The first-order valence-corrected chi connectivity index (χ1v) is 9.72. The molecule has 10 nitrogen and oxygen atoms in total. The summed E-state index contributed by atoms with van der Waals surface area (Å²) in [6, 6.07) is 7.10. The predicted octanol–water partition coefficient (Wildman–Crippen LogP) is 2.76. The number of halogens is 1. The SMILES string of the molecule is CC(C)(COc1ccc(Cl)cc1)Cn1ncc2nc(-n3cc(C(=O)O)cn3)[nH]c(=O)c21. The number of aromatic amines is 1. The summed E-state index contributed by atoms with van der Waals surface area (Å²) in [5, 5.41) is 17.9. The predicted molar refractivity (Wildman–Crippen MR) is 113 cm³/mol. The third kappa shape index (κ3) is 4.43. The van der Waals surface area contributed by atoms with Crippen LogP contribution < -0.4 is 10.3 Å². The molecule has 4 aromatic rings. The lowest BCUT2D eigenvalue weighted by molar-refractivity contribution is 0.0697. The highest BCUT2D eigenvalue weighted by Crippen LogP contribution is 2.23. The second-order valence-corrected chi connectivity index (χ2v) is 8.25. The second-order valence-electron chi connectivity index (χ2n) is 7.81. The number of carboxylic acid groups (broad SMARTS) is 1. The van der Waals surface area contributed by atoms with Crippen molar-refractivity contribution in [2.45, 2.75) is 20.4 Å². The highest BCUT2D eigenvalue weighted by atomic mass is 35.5. The molecule has 0 bridgehead atoms. The van der Waals surface area contributed by atoms with Crippen LogP contribution in [0.5, 0.6) is 5.75 Å². The number of carboxylic acids is 1. The summed E-state index contributed by atoms with van der Waals surface area (Å²) in [7, 11) is 0. The quantitative estimate of drug-likeness (QED) is 0.450. The van der Waals surface area contributed by atoms with E-state index in [4.69, 9.17) is 21.4 Å². The minimum Gasteiger partial charge on any atom is -0.493 e. The molecule has 0 aliphatic rings. The van der Waals surface area contributed by atoms with Crippen molar-refractivity contribution >= 4 is 28.6 Å². The molecule has 0 saturated carbocycles. The van der Waals surface area contributed by atoms with E-state index in [9.17, 15) is 9.59 Å². The van der Waals surface area contributed by atoms with Crippen LogP contribution in [-0.2, 0) is 6.54 Å². The molecule has 31 heavy (non-hydrogen) atoms. The molecule has 0 saturated heterocycles. The molecule has 3 aromatic heterocycles. The lowest BCUT2D eigenvalue weighted by atomic mass is 9.95. The van der Waals surface area contributed by atoms with Crippen LogP contribution in [0.25, 0.3) is 17.0 Å². The number of aromatic nitrogens is 6. The van der Waals surface area contributed by atoms with Gasteiger partial charge in [0.25, 0.3) is 5.56 Å². The zero-order chi connectivity index (χ0) is 22.2. The van der Waals surface area contributed by atoms with Crippen molar-refractivity contribution in [2.24, 2.45) is 5.41 Å². The number of carbonyl (C=O) groups is 1. The fourth-order valence-electron chi connectivity index (χ4n) is 3.03. The van der Waals surface area contributed by atoms with Gasteiger partial charge in [-0.25, -0.2) is 14.5 Å². The van der Waals surface area contributed by atoms with Crippen LogP contribution in [0.3, 0.4) is 0 Å². The second kappa shape index (κ2) is 7.88. The van der Waals surface area contributed by atoms with Gasteiger partial charge in [-0.15, -0.1) is 0 Å². The normalized spacial score (nSPS) is 11.7. The number of ether oxygens (including phenoxy) is 1. The summed E-state index contributed by atoms with van der Waals surface area (Å²) >= 11 is 5.89. The topological polar surface area (TPSA) is 128 Å². The van der Waals surface area contributed by atoms with E-state index in [2.05, 4.69) is 20.2 Å². The Morgan fingerprint density at radius 2 is 1.97 bits per heavy atom. The Morgan fingerprint density at radius 1 is 1.23 bits per heavy atom. The molecule has 11 heteroatoms. The Balaban J connectivity index is 1.56. The van der Waals surface area contributed by atoms with E-state index in [1.807, 2.05) is 13.8 Å². The van der Waals surface area contributed by atoms with Crippen LogP contribution in [0.4, 0.5) is 0 Å². The van der Waals surface area contributed by atoms with E-state index >= 15 is 0 Å². The number of hydrogen-bond donors (Lipinski definition) is 2. The summed E-state index contributed by atoms with van der Waals surface area (Å²) in [6.07, 6.45) is 3.94. The molecule has 0 unspecified atom stereocenters. The first kappa shape index (κ1) is 20.6. The number of H-pyrrole nitrogens is 1. The molecule has 3 heterocycles. The lowest BCUT2D eigenvalue weighted by Crippen LogP contribution is -2.29. The lowest BCUT2D eigenvalue weighted by Gasteiger charge is -2.25. The van der Waals surface area contributed by atoms with E-state index in [0.717, 1.165) is 0 Å². The van der Waals surface area contributed by atoms with Crippen LogP contribution in [0, 0.1) is 5.41 Å². The first-order valence-electron chi connectivity index (χ1n) is 9.34. The average Bonchev–Trinajstić information content (AvgIpc) is 3.35. The minimum absolute atomic E-state index is 0.0131. The van der Waals surface area contributed by atoms with Gasteiger partial charge in [0.2, 0.25) is 5.95 Å². The number of fused-ring (bicyclic) bond motifs is 1. The summed E-state index contributed by atoms with van der Waals surface area (Å²) in [5.41, 5.74) is -0.0723. The van der Waals surface area contributed by atoms with E-state index in [0.29, 0.717) is 35.0 Å². The van der Waals surface area contributed by atoms with Gasteiger partial charge in [0, 0.05) is 16.6 Å². The Hall–Kier alpha value is -3.66. The third-order valence-corrected chi connectivity index (χ3v) is 4.81. The molecule has 4 rings (SSSR count). The molecule has 0 aliphatic carbocycles. The zero-order valence-electron chi connectivity index (χ0n) is 16.7. The Bertz CT molecular complexity index is 1310. The molecule has 0 aliphatic heterocycles. The Kier molecular flexibility index (Phi) is 5.24. The number of benzene rings is 1. The van der Waals surface area contributed by atoms with Crippen molar-refractivity contribution in [3.8, 4) is 11.7 Å². The molecule has 160 valence electrons. The summed E-state index contributed by atoms with van der Waals surface area (Å²) in [4.78, 5) is 30.8. The van der Waals surface area contributed by atoms with Gasteiger partial charge in [0.1, 0.15) is 11.3 Å². The van der Waals surface area contributed by atoms with Crippen molar-refractivity contribution in [3.63, 3.8) is 0 Å².